The highest BCUT2D eigenvalue weighted by molar-refractivity contribution is 6.32. The van der Waals surface area contributed by atoms with Gasteiger partial charge in [0.15, 0.2) is 0 Å². The summed E-state index contributed by atoms with van der Waals surface area (Å²) in [6.45, 7) is 0.115. The van der Waals surface area contributed by atoms with Gasteiger partial charge in [-0.2, -0.15) is 0 Å². The van der Waals surface area contributed by atoms with E-state index in [1.807, 2.05) is 0 Å². The Morgan fingerprint density at radius 1 is 1.44 bits per heavy atom. The van der Waals surface area contributed by atoms with Crippen LogP contribution in [0.15, 0.2) is 24.3 Å². The number of carboxylic acid groups (broad SMARTS) is 1. The molecule has 1 aromatic rings. The molecule has 6 heteroatoms. The number of hydrogen-bond acceptors (Lipinski definition) is 3. The van der Waals surface area contributed by atoms with Crippen molar-refractivity contribution in [2.45, 2.75) is 6.42 Å². The predicted octanol–water partition coefficient (Wildman–Crippen LogP) is 1.69. The minimum Gasteiger partial charge on any atom is -0.492 e. The van der Waals surface area contributed by atoms with Crippen LogP contribution in [0.3, 0.4) is 0 Å². The van der Waals surface area contributed by atoms with Gasteiger partial charge in [0.05, 0.1) is 18.1 Å². The van der Waals surface area contributed by atoms with Gasteiger partial charge in [-0.15, -0.1) is 0 Å². The largest absolute Gasteiger partial charge is 0.492 e. The first-order chi connectivity index (χ1) is 8.50. The first kappa shape index (κ1) is 14.1. The van der Waals surface area contributed by atoms with Crippen LogP contribution in [0.4, 0.5) is 0 Å². The normalized spacial score (nSPS) is 10.5. The van der Waals surface area contributed by atoms with Gasteiger partial charge in [-0.05, 0) is 18.2 Å². The standard InChI is InChI=1S/C12H12ClNO4/c13-9-2-1-3-10(18-7-6-11(14)15)8(9)4-5-12(16)17/h1-5H,6-7H2,(H2,14,15)(H,16,17)/b5-4+. The molecule has 0 aromatic heterocycles. The maximum Gasteiger partial charge on any atom is 0.328 e. The molecule has 0 saturated carbocycles. The fraction of sp³-hybridized carbons (Fsp3) is 0.167. The number of aliphatic carboxylic acids is 1. The van der Waals surface area contributed by atoms with Crippen LogP contribution in [0, 0.1) is 0 Å². The van der Waals surface area contributed by atoms with Crippen molar-refractivity contribution in [3.8, 4) is 5.75 Å². The molecule has 0 saturated heterocycles. The third kappa shape index (κ3) is 4.47. The lowest BCUT2D eigenvalue weighted by molar-refractivity contribution is -0.131. The lowest BCUT2D eigenvalue weighted by Gasteiger charge is -2.09. The zero-order chi connectivity index (χ0) is 13.5. The fourth-order valence-electron chi connectivity index (χ4n) is 1.22. The maximum absolute atomic E-state index is 10.6. The van der Waals surface area contributed by atoms with Crippen LogP contribution in [0.5, 0.6) is 5.75 Å². The van der Waals surface area contributed by atoms with Gasteiger partial charge in [0, 0.05) is 11.6 Å². The minimum absolute atomic E-state index is 0.0780. The number of carbonyl (C=O) groups is 2. The summed E-state index contributed by atoms with van der Waals surface area (Å²) in [6, 6.07) is 4.92. The molecule has 3 N–H and O–H groups in total. The Morgan fingerprint density at radius 3 is 2.78 bits per heavy atom. The number of primary amides is 1. The highest BCUT2D eigenvalue weighted by atomic mass is 35.5. The number of amides is 1. The van der Waals surface area contributed by atoms with Crippen molar-refractivity contribution < 1.29 is 19.4 Å². The average Bonchev–Trinajstić information content (AvgIpc) is 2.27. The Bertz CT molecular complexity index is 485. The van der Waals surface area contributed by atoms with E-state index >= 15 is 0 Å². The van der Waals surface area contributed by atoms with Gasteiger partial charge < -0.3 is 15.6 Å². The number of benzene rings is 1. The zero-order valence-corrected chi connectivity index (χ0v) is 10.2. The smallest absolute Gasteiger partial charge is 0.328 e. The van der Waals surface area contributed by atoms with Crippen molar-refractivity contribution in [1.29, 1.82) is 0 Å². The summed E-state index contributed by atoms with van der Waals surface area (Å²) < 4.78 is 5.33. The third-order valence-electron chi connectivity index (χ3n) is 2.01. The van der Waals surface area contributed by atoms with Gasteiger partial charge in [0.1, 0.15) is 5.75 Å². The second-order valence-electron chi connectivity index (χ2n) is 3.39. The highest BCUT2D eigenvalue weighted by Gasteiger charge is 2.06. The molecule has 1 amide bonds. The summed E-state index contributed by atoms with van der Waals surface area (Å²) in [7, 11) is 0. The van der Waals surface area contributed by atoms with Crippen molar-refractivity contribution in [1.82, 2.24) is 0 Å². The van der Waals surface area contributed by atoms with Crippen molar-refractivity contribution in [2.75, 3.05) is 6.61 Å². The zero-order valence-electron chi connectivity index (χ0n) is 9.43. The van der Waals surface area contributed by atoms with E-state index in [1.54, 1.807) is 18.2 Å². The fourth-order valence-corrected chi connectivity index (χ4v) is 1.45. The van der Waals surface area contributed by atoms with Gasteiger partial charge in [0.2, 0.25) is 5.91 Å². The molecule has 0 aliphatic carbocycles. The van der Waals surface area contributed by atoms with Gasteiger partial charge in [-0.1, -0.05) is 17.7 Å². The minimum atomic E-state index is -1.09. The quantitative estimate of drug-likeness (QED) is 0.769. The van der Waals surface area contributed by atoms with Crippen molar-refractivity contribution >= 4 is 29.6 Å². The van der Waals surface area contributed by atoms with E-state index in [9.17, 15) is 9.59 Å². The molecule has 0 aliphatic heterocycles. The lowest BCUT2D eigenvalue weighted by Crippen LogP contribution is -2.14. The second kappa shape index (κ2) is 6.66. The Labute approximate surface area is 109 Å². The molecule has 18 heavy (non-hydrogen) atoms. The predicted molar refractivity (Wildman–Crippen MR) is 67.4 cm³/mol. The Balaban J connectivity index is 2.86. The second-order valence-corrected chi connectivity index (χ2v) is 3.80. The van der Waals surface area contributed by atoms with E-state index < -0.39 is 11.9 Å². The first-order valence-electron chi connectivity index (χ1n) is 5.11. The molecule has 0 atom stereocenters. The van der Waals surface area contributed by atoms with E-state index in [2.05, 4.69) is 0 Å². The van der Waals surface area contributed by atoms with E-state index in [4.69, 9.17) is 27.2 Å². The van der Waals surface area contributed by atoms with Crippen LogP contribution < -0.4 is 10.5 Å². The number of rotatable bonds is 6. The molecule has 0 unspecified atom stereocenters. The third-order valence-corrected chi connectivity index (χ3v) is 2.34. The molecule has 0 aliphatic rings. The Morgan fingerprint density at radius 2 is 2.17 bits per heavy atom. The molecule has 0 radical (unpaired) electrons. The Kier molecular flexibility index (Phi) is 5.20. The highest BCUT2D eigenvalue weighted by Crippen LogP contribution is 2.27. The monoisotopic (exact) mass is 269 g/mol. The lowest BCUT2D eigenvalue weighted by atomic mass is 10.2. The summed E-state index contributed by atoms with van der Waals surface area (Å²) in [4.78, 5) is 21.0. The summed E-state index contributed by atoms with van der Waals surface area (Å²) in [5.74, 6) is -1.15. The summed E-state index contributed by atoms with van der Waals surface area (Å²) in [6.07, 6.45) is 2.38. The van der Waals surface area contributed by atoms with E-state index in [0.29, 0.717) is 16.3 Å². The van der Waals surface area contributed by atoms with E-state index in [-0.39, 0.29) is 13.0 Å². The average molecular weight is 270 g/mol. The molecule has 0 bridgehead atoms. The van der Waals surface area contributed by atoms with Crippen LogP contribution in [-0.2, 0) is 9.59 Å². The molecule has 0 spiro atoms. The van der Waals surface area contributed by atoms with Gasteiger partial charge >= 0.3 is 5.97 Å². The topological polar surface area (TPSA) is 89.6 Å². The summed E-state index contributed by atoms with van der Waals surface area (Å²) in [5, 5.41) is 8.94. The first-order valence-corrected chi connectivity index (χ1v) is 5.49. The van der Waals surface area contributed by atoms with Crippen molar-refractivity contribution in [2.24, 2.45) is 5.73 Å². The number of halogens is 1. The summed E-state index contributed by atoms with van der Waals surface area (Å²) >= 11 is 5.94. The molecule has 0 heterocycles. The molecule has 1 aromatic carbocycles. The molecule has 0 fully saturated rings. The molecule has 1 rings (SSSR count). The Hall–Kier alpha value is -2.01. The van der Waals surface area contributed by atoms with Crippen LogP contribution in [0.2, 0.25) is 5.02 Å². The molecule has 96 valence electrons. The van der Waals surface area contributed by atoms with Crippen molar-refractivity contribution in [3.63, 3.8) is 0 Å². The maximum atomic E-state index is 10.6. The van der Waals surface area contributed by atoms with Crippen LogP contribution in [0.1, 0.15) is 12.0 Å². The van der Waals surface area contributed by atoms with Gasteiger partial charge in [0.25, 0.3) is 0 Å². The number of ether oxygens (including phenoxy) is 1. The van der Waals surface area contributed by atoms with E-state index in [0.717, 1.165) is 6.08 Å². The number of hydrogen-bond donors (Lipinski definition) is 2. The van der Waals surface area contributed by atoms with Gasteiger partial charge in [-0.3, -0.25) is 4.79 Å². The van der Waals surface area contributed by atoms with Crippen LogP contribution >= 0.6 is 11.6 Å². The van der Waals surface area contributed by atoms with Crippen LogP contribution in [-0.4, -0.2) is 23.6 Å². The number of carbonyl (C=O) groups excluding carboxylic acids is 1. The molecular formula is C12H12ClNO4. The number of carboxylic acids is 1. The van der Waals surface area contributed by atoms with Crippen molar-refractivity contribution in [3.05, 3.63) is 34.9 Å². The SMILES string of the molecule is NC(=O)CCOc1cccc(Cl)c1/C=C/C(=O)O. The molecule has 5 nitrogen and oxygen atoms in total. The molecular weight excluding hydrogens is 258 g/mol. The van der Waals surface area contributed by atoms with Gasteiger partial charge in [-0.25, -0.2) is 4.79 Å². The van der Waals surface area contributed by atoms with E-state index in [1.165, 1.54) is 6.08 Å². The number of nitrogens with two attached hydrogens (primary N) is 1. The summed E-state index contributed by atoms with van der Waals surface area (Å²) in [5.41, 5.74) is 5.44. The van der Waals surface area contributed by atoms with Crippen LogP contribution in [0.25, 0.3) is 6.08 Å².